The Balaban J connectivity index is 2.12. The Morgan fingerprint density at radius 3 is 2.50 bits per heavy atom. The highest BCUT2D eigenvalue weighted by Gasteiger charge is 2.19. The highest BCUT2D eigenvalue weighted by molar-refractivity contribution is 6.02. The van der Waals surface area contributed by atoms with E-state index >= 15 is 0 Å². The molecule has 2 rings (SSSR count). The number of anilines is 1. The molecule has 0 fully saturated rings. The third-order valence-corrected chi connectivity index (χ3v) is 3.61. The number of aryl methyl sites for hydroxylation is 2. The molecule has 0 saturated heterocycles. The minimum atomic E-state index is -0.712. The van der Waals surface area contributed by atoms with Crippen molar-refractivity contribution in [3.05, 3.63) is 59.2 Å². The van der Waals surface area contributed by atoms with Gasteiger partial charge in [-0.1, -0.05) is 24.3 Å². The number of carbonyl (C=O) groups is 2. The molecular formula is C19H21NO4. The lowest BCUT2D eigenvalue weighted by molar-refractivity contribution is -0.122. The molecule has 0 aliphatic rings. The molecule has 0 aliphatic carbocycles. The van der Waals surface area contributed by atoms with Crippen molar-refractivity contribution in [3.63, 3.8) is 0 Å². The Morgan fingerprint density at radius 2 is 1.79 bits per heavy atom. The predicted molar refractivity (Wildman–Crippen MR) is 92.4 cm³/mol. The predicted octanol–water partition coefficient (Wildman–Crippen LogP) is 3.50. The van der Waals surface area contributed by atoms with E-state index in [2.05, 4.69) is 5.32 Å². The van der Waals surface area contributed by atoms with E-state index in [1.54, 1.807) is 31.2 Å². The number of rotatable bonds is 5. The van der Waals surface area contributed by atoms with E-state index in [9.17, 15) is 9.59 Å². The summed E-state index contributed by atoms with van der Waals surface area (Å²) in [6.45, 7) is 5.55. The molecule has 5 nitrogen and oxygen atoms in total. The fraction of sp³-hybridized carbons (Fsp3) is 0.263. The second-order valence-corrected chi connectivity index (χ2v) is 5.56. The van der Waals surface area contributed by atoms with Crippen molar-refractivity contribution in [2.24, 2.45) is 0 Å². The molecule has 5 heteroatoms. The summed E-state index contributed by atoms with van der Waals surface area (Å²) < 4.78 is 10.5. The van der Waals surface area contributed by atoms with Gasteiger partial charge < -0.3 is 14.8 Å². The smallest absolute Gasteiger partial charge is 0.339 e. The number of hydrogen-bond acceptors (Lipinski definition) is 4. The van der Waals surface area contributed by atoms with Gasteiger partial charge in [0.25, 0.3) is 5.91 Å². The van der Waals surface area contributed by atoms with Crippen molar-refractivity contribution in [2.75, 3.05) is 12.4 Å². The standard InChI is InChI=1S/C19H21NO4/c1-12-9-10-13(2)17(11-12)24-14(3)18(21)20-16-8-6-5-7-15(16)19(22)23-4/h5-11,14H,1-4H3,(H,20,21)/t14-/m1/s1. The first kappa shape index (κ1) is 17.5. The van der Waals surface area contributed by atoms with Crippen molar-refractivity contribution in [1.82, 2.24) is 0 Å². The quantitative estimate of drug-likeness (QED) is 0.854. The first-order chi connectivity index (χ1) is 11.4. The number of para-hydroxylation sites is 1. The maximum atomic E-state index is 12.4. The van der Waals surface area contributed by atoms with E-state index in [1.165, 1.54) is 7.11 Å². The van der Waals surface area contributed by atoms with E-state index in [-0.39, 0.29) is 5.91 Å². The van der Waals surface area contributed by atoms with Crippen molar-refractivity contribution in [3.8, 4) is 5.75 Å². The van der Waals surface area contributed by atoms with E-state index in [4.69, 9.17) is 9.47 Å². The van der Waals surface area contributed by atoms with Crippen molar-refractivity contribution in [2.45, 2.75) is 26.9 Å². The first-order valence-electron chi connectivity index (χ1n) is 7.64. The third-order valence-electron chi connectivity index (χ3n) is 3.61. The Morgan fingerprint density at radius 1 is 1.08 bits per heavy atom. The SMILES string of the molecule is COC(=O)c1ccccc1NC(=O)[C@@H](C)Oc1cc(C)ccc1C. The summed E-state index contributed by atoms with van der Waals surface area (Å²) in [7, 11) is 1.30. The number of esters is 1. The topological polar surface area (TPSA) is 64.6 Å². The second kappa shape index (κ2) is 7.64. The fourth-order valence-electron chi connectivity index (χ4n) is 2.19. The molecule has 126 valence electrons. The highest BCUT2D eigenvalue weighted by atomic mass is 16.5. The van der Waals surface area contributed by atoms with Crippen LogP contribution in [0.3, 0.4) is 0 Å². The molecule has 2 aromatic carbocycles. The largest absolute Gasteiger partial charge is 0.481 e. The van der Waals surface area contributed by atoms with Gasteiger partial charge in [0, 0.05) is 0 Å². The summed E-state index contributed by atoms with van der Waals surface area (Å²) in [6, 6.07) is 12.5. The molecular weight excluding hydrogens is 306 g/mol. The summed E-state index contributed by atoms with van der Waals surface area (Å²) >= 11 is 0. The maximum absolute atomic E-state index is 12.4. The van der Waals surface area contributed by atoms with Gasteiger partial charge in [0.1, 0.15) is 5.75 Å². The van der Waals surface area contributed by atoms with E-state index < -0.39 is 12.1 Å². The molecule has 0 saturated carbocycles. The molecule has 2 aromatic rings. The second-order valence-electron chi connectivity index (χ2n) is 5.56. The molecule has 0 heterocycles. The van der Waals surface area contributed by atoms with Crippen LogP contribution in [0.2, 0.25) is 0 Å². The summed E-state index contributed by atoms with van der Waals surface area (Å²) in [5.41, 5.74) is 2.70. The number of methoxy groups -OCH3 is 1. The van der Waals surface area contributed by atoms with Crippen LogP contribution < -0.4 is 10.1 Å². The maximum Gasteiger partial charge on any atom is 0.339 e. The van der Waals surface area contributed by atoms with E-state index in [0.29, 0.717) is 17.0 Å². The molecule has 0 spiro atoms. The lowest BCUT2D eigenvalue weighted by atomic mass is 10.1. The molecule has 0 aliphatic heterocycles. The Labute approximate surface area is 141 Å². The van der Waals surface area contributed by atoms with Gasteiger partial charge in [-0.3, -0.25) is 4.79 Å². The molecule has 0 unspecified atom stereocenters. The molecule has 0 bridgehead atoms. The summed E-state index contributed by atoms with van der Waals surface area (Å²) in [6.07, 6.45) is -0.712. The number of amides is 1. The van der Waals surface area contributed by atoms with Crippen LogP contribution in [0.5, 0.6) is 5.75 Å². The van der Waals surface area contributed by atoms with Gasteiger partial charge in [0.2, 0.25) is 0 Å². The molecule has 0 aromatic heterocycles. The van der Waals surface area contributed by atoms with Crippen LogP contribution in [0.4, 0.5) is 5.69 Å². The number of benzene rings is 2. The van der Waals surface area contributed by atoms with Crippen molar-refractivity contribution in [1.29, 1.82) is 0 Å². The average Bonchev–Trinajstić information content (AvgIpc) is 2.57. The van der Waals surface area contributed by atoms with Crippen LogP contribution in [-0.4, -0.2) is 25.1 Å². The number of hydrogen-bond donors (Lipinski definition) is 1. The van der Waals surface area contributed by atoms with Crippen molar-refractivity contribution < 1.29 is 19.1 Å². The normalized spacial score (nSPS) is 11.5. The van der Waals surface area contributed by atoms with Gasteiger partial charge in [-0.25, -0.2) is 4.79 Å². The summed E-state index contributed by atoms with van der Waals surface area (Å²) in [5.74, 6) is -0.180. The summed E-state index contributed by atoms with van der Waals surface area (Å²) in [5, 5.41) is 2.72. The Hall–Kier alpha value is -2.82. The van der Waals surface area contributed by atoms with Gasteiger partial charge in [-0.2, -0.15) is 0 Å². The zero-order valence-electron chi connectivity index (χ0n) is 14.3. The average molecular weight is 327 g/mol. The minimum absolute atomic E-state index is 0.298. The van der Waals surface area contributed by atoms with Gasteiger partial charge in [0.15, 0.2) is 6.10 Å². The number of carbonyl (C=O) groups excluding carboxylic acids is 2. The minimum Gasteiger partial charge on any atom is -0.481 e. The number of nitrogens with one attached hydrogen (secondary N) is 1. The molecule has 1 atom stereocenters. The van der Waals surface area contributed by atoms with Crippen molar-refractivity contribution >= 4 is 17.6 Å². The molecule has 24 heavy (non-hydrogen) atoms. The highest BCUT2D eigenvalue weighted by Crippen LogP contribution is 2.21. The lowest BCUT2D eigenvalue weighted by Crippen LogP contribution is -2.31. The Bertz CT molecular complexity index is 755. The van der Waals surface area contributed by atoms with Crippen LogP contribution in [0, 0.1) is 13.8 Å². The zero-order chi connectivity index (χ0) is 17.7. The Kier molecular flexibility index (Phi) is 5.58. The molecule has 1 amide bonds. The summed E-state index contributed by atoms with van der Waals surface area (Å²) in [4.78, 5) is 24.1. The molecule has 0 radical (unpaired) electrons. The number of ether oxygens (including phenoxy) is 2. The van der Waals surface area contributed by atoms with E-state index in [1.807, 2.05) is 32.0 Å². The van der Waals surface area contributed by atoms with Crippen LogP contribution in [-0.2, 0) is 9.53 Å². The zero-order valence-corrected chi connectivity index (χ0v) is 14.3. The fourth-order valence-corrected chi connectivity index (χ4v) is 2.19. The van der Waals surface area contributed by atoms with Gasteiger partial charge >= 0.3 is 5.97 Å². The molecule has 1 N–H and O–H groups in total. The van der Waals surface area contributed by atoms with Gasteiger partial charge in [-0.05, 0) is 50.1 Å². The van der Waals surface area contributed by atoms with Gasteiger partial charge in [0.05, 0.1) is 18.4 Å². The lowest BCUT2D eigenvalue weighted by Gasteiger charge is -2.17. The monoisotopic (exact) mass is 327 g/mol. The third kappa shape index (κ3) is 4.13. The van der Waals surface area contributed by atoms with Crippen LogP contribution >= 0.6 is 0 Å². The van der Waals surface area contributed by atoms with Gasteiger partial charge in [-0.15, -0.1) is 0 Å². The first-order valence-corrected chi connectivity index (χ1v) is 7.64. The van der Waals surface area contributed by atoms with Crippen LogP contribution in [0.25, 0.3) is 0 Å². The van der Waals surface area contributed by atoms with E-state index in [0.717, 1.165) is 11.1 Å². The van der Waals surface area contributed by atoms with Crippen LogP contribution in [0.15, 0.2) is 42.5 Å². The van der Waals surface area contributed by atoms with Crippen LogP contribution in [0.1, 0.15) is 28.4 Å².